The molecule has 4 rings (SSSR count). The summed E-state index contributed by atoms with van der Waals surface area (Å²) in [5, 5.41) is 0. The molecule has 0 heterocycles. The lowest BCUT2D eigenvalue weighted by atomic mass is 9.88. The Bertz CT molecular complexity index is 886. The molecule has 3 aromatic rings. The van der Waals surface area contributed by atoms with Crippen molar-refractivity contribution in [3.63, 3.8) is 0 Å². The van der Waals surface area contributed by atoms with Crippen LogP contribution in [-0.2, 0) is 0 Å². The van der Waals surface area contributed by atoms with Crippen molar-refractivity contribution in [1.82, 2.24) is 0 Å². The van der Waals surface area contributed by atoms with E-state index in [0.717, 1.165) is 6.42 Å². The van der Waals surface area contributed by atoms with E-state index < -0.39 is 0 Å². The van der Waals surface area contributed by atoms with Gasteiger partial charge in [-0.25, -0.2) is 0 Å². The lowest BCUT2D eigenvalue weighted by Crippen LogP contribution is -1.96. The number of hydrogen-bond acceptors (Lipinski definition) is 0. The lowest BCUT2D eigenvalue weighted by Gasteiger charge is -2.16. The molecule has 1 aliphatic rings. The molecule has 0 aromatic heterocycles. The predicted molar refractivity (Wildman–Crippen MR) is 107 cm³/mol. The van der Waals surface area contributed by atoms with Gasteiger partial charge >= 0.3 is 0 Å². The Kier molecular flexibility index (Phi) is 4.43. The van der Waals surface area contributed by atoms with Crippen LogP contribution in [0.5, 0.6) is 0 Å². The van der Waals surface area contributed by atoms with Crippen molar-refractivity contribution in [2.24, 2.45) is 0 Å². The van der Waals surface area contributed by atoms with Gasteiger partial charge in [0.25, 0.3) is 0 Å². The van der Waals surface area contributed by atoms with E-state index in [4.69, 9.17) is 0 Å². The smallest absolute Gasteiger partial charge is 0.00762 e. The van der Waals surface area contributed by atoms with Gasteiger partial charge in [0.1, 0.15) is 0 Å². The van der Waals surface area contributed by atoms with Gasteiger partial charge in [-0.2, -0.15) is 0 Å². The fourth-order valence-electron chi connectivity index (χ4n) is 3.32. The number of rotatable bonds is 3. The zero-order chi connectivity index (χ0) is 16.9. The number of allylic oxidation sites excluding steroid dienone is 5. The van der Waals surface area contributed by atoms with Crippen molar-refractivity contribution >= 4 is 11.1 Å². The first-order valence-electron chi connectivity index (χ1n) is 8.69. The summed E-state index contributed by atoms with van der Waals surface area (Å²) in [6, 6.07) is 31.9. The first-order valence-corrected chi connectivity index (χ1v) is 8.69. The molecule has 3 aromatic carbocycles. The summed E-state index contributed by atoms with van der Waals surface area (Å²) in [7, 11) is 0. The summed E-state index contributed by atoms with van der Waals surface area (Å²) in [4.78, 5) is 0. The molecule has 120 valence electrons. The van der Waals surface area contributed by atoms with E-state index in [-0.39, 0.29) is 0 Å². The van der Waals surface area contributed by atoms with E-state index in [2.05, 4.69) is 109 Å². The monoisotopic (exact) mass is 320 g/mol. The highest BCUT2D eigenvalue weighted by Gasteiger charge is 2.12. The van der Waals surface area contributed by atoms with Crippen molar-refractivity contribution in [3.05, 3.63) is 131 Å². The second-order valence-corrected chi connectivity index (χ2v) is 6.20. The van der Waals surface area contributed by atoms with Gasteiger partial charge in [-0.1, -0.05) is 109 Å². The summed E-state index contributed by atoms with van der Waals surface area (Å²) in [5.74, 6) is 0. The minimum Gasteiger partial charge on any atom is -0.0722 e. The molecule has 0 amide bonds. The Labute approximate surface area is 149 Å². The molecule has 0 radical (unpaired) electrons. The summed E-state index contributed by atoms with van der Waals surface area (Å²) in [6.07, 6.45) is 7.79. The van der Waals surface area contributed by atoms with Crippen LogP contribution >= 0.6 is 0 Å². The Balaban J connectivity index is 1.76. The first kappa shape index (κ1) is 15.4. The third kappa shape index (κ3) is 3.39. The Hall–Kier alpha value is -3.12. The SMILES string of the molecule is C1=CC(=C(c2ccccc2)c2ccccc2)CC=C1c1ccccc1. The van der Waals surface area contributed by atoms with E-state index >= 15 is 0 Å². The topological polar surface area (TPSA) is 0 Å². The highest BCUT2D eigenvalue weighted by Crippen LogP contribution is 2.33. The predicted octanol–water partition coefficient (Wildman–Crippen LogP) is 6.53. The van der Waals surface area contributed by atoms with Gasteiger partial charge in [0.15, 0.2) is 0 Å². The van der Waals surface area contributed by atoms with Crippen molar-refractivity contribution in [2.75, 3.05) is 0 Å². The Morgan fingerprint density at radius 1 is 0.560 bits per heavy atom. The molecule has 1 aliphatic carbocycles. The van der Waals surface area contributed by atoms with E-state index in [1.165, 1.54) is 33.4 Å². The van der Waals surface area contributed by atoms with Crippen LogP contribution in [0.15, 0.2) is 115 Å². The summed E-state index contributed by atoms with van der Waals surface area (Å²) < 4.78 is 0. The molecule has 0 atom stereocenters. The van der Waals surface area contributed by atoms with Crippen molar-refractivity contribution in [2.45, 2.75) is 6.42 Å². The normalized spacial score (nSPS) is 13.4. The van der Waals surface area contributed by atoms with E-state index in [9.17, 15) is 0 Å². The summed E-state index contributed by atoms with van der Waals surface area (Å²) in [6.45, 7) is 0. The zero-order valence-electron chi connectivity index (χ0n) is 14.1. The van der Waals surface area contributed by atoms with Crippen LogP contribution in [0.3, 0.4) is 0 Å². The lowest BCUT2D eigenvalue weighted by molar-refractivity contribution is 1.26. The minimum absolute atomic E-state index is 0.944. The van der Waals surface area contributed by atoms with Crippen LogP contribution < -0.4 is 0 Å². The van der Waals surface area contributed by atoms with Crippen LogP contribution in [0.1, 0.15) is 23.1 Å². The zero-order valence-corrected chi connectivity index (χ0v) is 14.1. The maximum atomic E-state index is 2.33. The Morgan fingerprint density at radius 2 is 1.08 bits per heavy atom. The van der Waals surface area contributed by atoms with Crippen LogP contribution in [0, 0.1) is 0 Å². The summed E-state index contributed by atoms with van der Waals surface area (Å²) in [5.41, 5.74) is 7.79. The van der Waals surface area contributed by atoms with E-state index in [0.29, 0.717) is 0 Å². The third-order valence-corrected chi connectivity index (χ3v) is 4.56. The second-order valence-electron chi connectivity index (χ2n) is 6.20. The summed E-state index contributed by atoms with van der Waals surface area (Å²) >= 11 is 0. The van der Waals surface area contributed by atoms with Gasteiger partial charge in [-0.15, -0.1) is 0 Å². The first-order chi connectivity index (χ1) is 12.4. The molecule has 25 heavy (non-hydrogen) atoms. The highest BCUT2D eigenvalue weighted by atomic mass is 14.2. The molecular weight excluding hydrogens is 300 g/mol. The number of benzene rings is 3. The Morgan fingerprint density at radius 3 is 1.56 bits per heavy atom. The van der Waals surface area contributed by atoms with Gasteiger partial charge in [-0.3, -0.25) is 0 Å². The molecule has 0 aliphatic heterocycles. The highest BCUT2D eigenvalue weighted by molar-refractivity contribution is 5.86. The molecule has 0 saturated heterocycles. The van der Waals surface area contributed by atoms with Gasteiger partial charge in [0.05, 0.1) is 0 Å². The van der Waals surface area contributed by atoms with Crippen LogP contribution in [0.25, 0.3) is 11.1 Å². The maximum absolute atomic E-state index is 2.33. The van der Waals surface area contributed by atoms with Gasteiger partial charge in [0, 0.05) is 0 Å². The molecular formula is C25H20. The largest absolute Gasteiger partial charge is 0.0722 e. The van der Waals surface area contributed by atoms with Gasteiger partial charge in [0.2, 0.25) is 0 Å². The molecule has 0 fully saturated rings. The molecule has 0 heteroatoms. The average molecular weight is 320 g/mol. The average Bonchev–Trinajstić information content (AvgIpc) is 2.71. The van der Waals surface area contributed by atoms with Crippen LogP contribution in [0.2, 0.25) is 0 Å². The van der Waals surface area contributed by atoms with E-state index in [1.807, 2.05) is 0 Å². The van der Waals surface area contributed by atoms with Crippen LogP contribution in [-0.4, -0.2) is 0 Å². The second kappa shape index (κ2) is 7.19. The molecule has 0 bridgehead atoms. The maximum Gasteiger partial charge on any atom is -0.00762 e. The molecule has 0 saturated carbocycles. The number of hydrogen-bond donors (Lipinski definition) is 0. The minimum atomic E-state index is 0.944. The standard InChI is InChI=1S/C25H20/c1-4-10-20(11-5-1)21-16-18-24(19-17-21)25(22-12-6-2-7-13-22)23-14-8-3-9-15-23/h1-18H,19H2. The molecule has 0 spiro atoms. The molecule has 0 N–H and O–H groups in total. The fourth-order valence-corrected chi connectivity index (χ4v) is 3.32. The van der Waals surface area contributed by atoms with Gasteiger partial charge < -0.3 is 0 Å². The van der Waals surface area contributed by atoms with Crippen molar-refractivity contribution in [3.8, 4) is 0 Å². The quantitative estimate of drug-likeness (QED) is 0.514. The van der Waals surface area contributed by atoms with Crippen molar-refractivity contribution < 1.29 is 0 Å². The van der Waals surface area contributed by atoms with Crippen molar-refractivity contribution in [1.29, 1.82) is 0 Å². The fraction of sp³-hybridized carbons (Fsp3) is 0.0400. The molecule has 0 unspecified atom stereocenters. The molecule has 0 nitrogen and oxygen atoms in total. The third-order valence-electron chi connectivity index (χ3n) is 4.56. The van der Waals surface area contributed by atoms with Crippen LogP contribution in [0.4, 0.5) is 0 Å². The van der Waals surface area contributed by atoms with E-state index in [1.54, 1.807) is 0 Å². The van der Waals surface area contributed by atoms with Gasteiger partial charge in [-0.05, 0) is 39.8 Å².